The number of thiazole rings is 1. The lowest BCUT2D eigenvalue weighted by Crippen LogP contribution is -2.18. The zero-order valence-electron chi connectivity index (χ0n) is 12.0. The molecule has 0 aliphatic carbocycles. The Hall–Kier alpha value is -1.91. The molecule has 4 heteroatoms. The Bertz CT molecular complexity index is 723. The molecule has 0 bridgehead atoms. The van der Waals surface area contributed by atoms with Crippen LogP contribution in [0.25, 0.3) is 10.8 Å². The monoisotopic (exact) mass is 298 g/mol. The number of nitrogens with two attached hydrogens (primary N) is 1. The van der Waals surface area contributed by atoms with Gasteiger partial charge in [-0.2, -0.15) is 0 Å². The van der Waals surface area contributed by atoms with Gasteiger partial charge in [0.05, 0.1) is 10.4 Å². The molecule has 0 radical (unpaired) electrons. The lowest BCUT2D eigenvalue weighted by molar-refractivity contribution is 0.306. The molecule has 2 aromatic carbocycles. The van der Waals surface area contributed by atoms with Crippen LogP contribution in [0, 0.1) is 0 Å². The Labute approximate surface area is 128 Å². The topological polar surface area (TPSA) is 48.1 Å². The molecule has 3 aromatic rings. The van der Waals surface area contributed by atoms with E-state index in [2.05, 4.69) is 35.3 Å². The van der Waals surface area contributed by atoms with Crippen LogP contribution in [0.4, 0.5) is 0 Å². The SMILES string of the molecule is CC(N)Cc1c(OCc2cncs2)ccc2ccccc12. The second kappa shape index (κ2) is 6.24. The number of ether oxygens (including phenoxy) is 1. The van der Waals surface area contributed by atoms with Crippen LogP contribution < -0.4 is 10.5 Å². The molecule has 3 nitrogen and oxygen atoms in total. The molecular formula is C17H18N2OS. The molecule has 0 fully saturated rings. The molecule has 0 amide bonds. The molecule has 1 atom stereocenters. The molecule has 1 heterocycles. The zero-order chi connectivity index (χ0) is 14.7. The van der Waals surface area contributed by atoms with Crippen molar-refractivity contribution in [1.82, 2.24) is 4.98 Å². The van der Waals surface area contributed by atoms with Gasteiger partial charge in [0.25, 0.3) is 0 Å². The number of benzene rings is 2. The van der Waals surface area contributed by atoms with E-state index in [0.29, 0.717) is 6.61 Å². The summed E-state index contributed by atoms with van der Waals surface area (Å²) >= 11 is 1.60. The molecule has 0 aliphatic heterocycles. The highest BCUT2D eigenvalue weighted by molar-refractivity contribution is 7.09. The summed E-state index contributed by atoms with van der Waals surface area (Å²) in [6, 6.07) is 12.6. The summed E-state index contributed by atoms with van der Waals surface area (Å²) in [6.07, 6.45) is 2.65. The standard InChI is InChI=1S/C17H18N2OS/c1-12(18)8-16-15-5-3-2-4-13(15)6-7-17(16)20-10-14-9-19-11-21-14/h2-7,9,11-12H,8,10,18H2,1H3. The first-order valence-corrected chi connectivity index (χ1v) is 7.88. The van der Waals surface area contributed by atoms with E-state index < -0.39 is 0 Å². The maximum atomic E-state index is 6.01. The summed E-state index contributed by atoms with van der Waals surface area (Å²) in [5.74, 6) is 0.916. The van der Waals surface area contributed by atoms with Gasteiger partial charge >= 0.3 is 0 Å². The maximum absolute atomic E-state index is 6.01. The number of nitrogens with zero attached hydrogens (tertiary/aromatic N) is 1. The number of hydrogen-bond acceptors (Lipinski definition) is 4. The van der Waals surface area contributed by atoms with Crippen molar-refractivity contribution in [2.24, 2.45) is 5.73 Å². The molecule has 0 spiro atoms. The minimum absolute atomic E-state index is 0.0987. The van der Waals surface area contributed by atoms with E-state index in [9.17, 15) is 0 Å². The fraction of sp³-hybridized carbons (Fsp3) is 0.235. The molecule has 108 valence electrons. The highest BCUT2D eigenvalue weighted by Crippen LogP contribution is 2.30. The fourth-order valence-corrected chi connectivity index (χ4v) is 2.95. The van der Waals surface area contributed by atoms with Gasteiger partial charge in [-0.15, -0.1) is 11.3 Å². The summed E-state index contributed by atoms with van der Waals surface area (Å²) in [5, 5.41) is 2.44. The fourth-order valence-electron chi connectivity index (χ4n) is 2.45. The first-order valence-electron chi connectivity index (χ1n) is 7.00. The Morgan fingerprint density at radius 3 is 2.86 bits per heavy atom. The third-order valence-corrected chi connectivity index (χ3v) is 4.13. The third kappa shape index (κ3) is 3.23. The van der Waals surface area contributed by atoms with E-state index in [0.717, 1.165) is 17.0 Å². The second-order valence-electron chi connectivity index (χ2n) is 5.20. The van der Waals surface area contributed by atoms with Crippen LogP contribution >= 0.6 is 11.3 Å². The molecule has 0 saturated heterocycles. The Balaban J connectivity index is 1.96. The molecule has 0 aliphatic rings. The molecule has 21 heavy (non-hydrogen) atoms. The van der Waals surface area contributed by atoms with E-state index in [4.69, 9.17) is 10.5 Å². The van der Waals surface area contributed by atoms with Crippen molar-refractivity contribution in [3.05, 3.63) is 58.5 Å². The highest BCUT2D eigenvalue weighted by atomic mass is 32.1. The van der Waals surface area contributed by atoms with Gasteiger partial charge in [-0.3, -0.25) is 4.98 Å². The summed E-state index contributed by atoms with van der Waals surface area (Å²) in [7, 11) is 0. The molecule has 1 unspecified atom stereocenters. The minimum atomic E-state index is 0.0987. The number of fused-ring (bicyclic) bond motifs is 1. The lowest BCUT2D eigenvalue weighted by atomic mass is 9.98. The summed E-state index contributed by atoms with van der Waals surface area (Å²) in [6.45, 7) is 2.57. The van der Waals surface area contributed by atoms with Gasteiger partial charge in [-0.25, -0.2) is 0 Å². The maximum Gasteiger partial charge on any atom is 0.124 e. The van der Waals surface area contributed by atoms with E-state index >= 15 is 0 Å². The van der Waals surface area contributed by atoms with Gasteiger partial charge in [0, 0.05) is 17.8 Å². The second-order valence-corrected chi connectivity index (χ2v) is 6.17. The molecule has 3 rings (SSSR count). The largest absolute Gasteiger partial charge is 0.488 e. The summed E-state index contributed by atoms with van der Waals surface area (Å²) < 4.78 is 6.01. The Kier molecular flexibility index (Phi) is 4.18. The van der Waals surface area contributed by atoms with Crippen LogP contribution in [-0.4, -0.2) is 11.0 Å². The average molecular weight is 298 g/mol. The van der Waals surface area contributed by atoms with Crippen molar-refractivity contribution >= 4 is 22.1 Å². The quantitative estimate of drug-likeness (QED) is 0.780. The predicted octanol–water partition coefficient (Wildman–Crippen LogP) is 3.77. The van der Waals surface area contributed by atoms with Crippen molar-refractivity contribution in [3.63, 3.8) is 0 Å². The first-order chi connectivity index (χ1) is 10.2. The molecule has 2 N–H and O–H groups in total. The van der Waals surface area contributed by atoms with Gasteiger partial charge in [0.15, 0.2) is 0 Å². The number of rotatable bonds is 5. The van der Waals surface area contributed by atoms with Crippen molar-refractivity contribution in [2.75, 3.05) is 0 Å². The zero-order valence-corrected chi connectivity index (χ0v) is 12.8. The molecule has 0 saturated carbocycles. The number of hydrogen-bond donors (Lipinski definition) is 1. The van der Waals surface area contributed by atoms with E-state index in [1.54, 1.807) is 11.3 Å². The van der Waals surface area contributed by atoms with E-state index in [-0.39, 0.29) is 6.04 Å². The van der Waals surface area contributed by atoms with Crippen LogP contribution in [-0.2, 0) is 13.0 Å². The smallest absolute Gasteiger partial charge is 0.124 e. The number of aromatic nitrogens is 1. The summed E-state index contributed by atoms with van der Waals surface area (Å²) in [4.78, 5) is 5.19. The van der Waals surface area contributed by atoms with Crippen molar-refractivity contribution < 1.29 is 4.74 Å². The Morgan fingerprint density at radius 1 is 1.24 bits per heavy atom. The summed E-state index contributed by atoms with van der Waals surface area (Å²) in [5.41, 5.74) is 9.02. The third-order valence-electron chi connectivity index (χ3n) is 3.38. The van der Waals surface area contributed by atoms with Crippen LogP contribution in [0.2, 0.25) is 0 Å². The average Bonchev–Trinajstić information content (AvgIpc) is 2.99. The van der Waals surface area contributed by atoms with Gasteiger partial charge < -0.3 is 10.5 Å². The normalized spacial score (nSPS) is 12.5. The predicted molar refractivity (Wildman–Crippen MR) is 87.7 cm³/mol. The van der Waals surface area contributed by atoms with Gasteiger partial charge in [0.2, 0.25) is 0 Å². The van der Waals surface area contributed by atoms with Crippen LogP contribution in [0.15, 0.2) is 48.1 Å². The van der Waals surface area contributed by atoms with Gasteiger partial charge in [-0.05, 0) is 30.2 Å². The minimum Gasteiger partial charge on any atom is -0.488 e. The van der Waals surface area contributed by atoms with Crippen molar-refractivity contribution in [3.8, 4) is 5.75 Å². The molecule has 1 aromatic heterocycles. The van der Waals surface area contributed by atoms with Crippen molar-refractivity contribution in [2.45, 2.75) is 26.0 Å². The van der Waals surface area contributed by atoms with E-state index in [1.807, 2.05) is 24.7 Å². The van der Waals surface area contributed by atoms with E-state index in [1.165, 1.54) is 16.3 Å². The van der Waals surface area contributed by atoms with Crippen LogP contribution in [0.3, 0.4) is 0 Å². The highest BCUT2D eigenvalue weighted by Gasteiger charge is 2.11. The Morgan fingerprint density at radius 2 is 2.10 bits per heavy atom. The molecular weight excluding hydrogens is 280 g/mol. The van der Waals surface area contributed by atoms with Gasteiger partial charge in [0.1, 0.15) is 12.4 Å². The lowest BCUT2D eigenvalue weighted by Gasteiger charge is -2.15. The van der Waals surface area contributed by atoms with Crippen LogP contribution in [0.5, 0.6) is 5.75 Å². The van der Waals surface area contributed by atoms with Crippen LogP contribution in [0.1, 0.15) is 17.4 Å². The first kappa shape index (κ1) is 14.0. The van der Waals surface area contributed by atoms with Crippen molar-refractivity contribution in [1.29, 1.82) is 0 Å². The van der Waals surface area contributed by atoms with Gasteiger partial charge in [-0.1, -0.05) is 30.3 Å².